The van der Waals surface area contributed by atoms with Gasteiger partial charge < -0.3 is 9.84 Å². The second-order valence-electron chi connectivity index (χ2n) is 5.22. The number of aliphatic hydroxyl groups is 1. The number of rotatable bonds is 7. The van der Waals surface area contributed by atoms with Gasteiger partial charge >= 0.3 is 12.1 Å². The van der Waals surface area contributed by atoms with Gasteiger partial charge in [0.1, 0.15) is 5.76 Å². The highest BCUT2D eigenvalue weighted by Crippen LogP contribution is 2.30. The van der Waals surface area contributed by atoms with Crippen molar-refractivity contribution in [2.75, 3.05) is 12.4 Å². The maximum absolute atomic E-state index is 12.6. The number of thioether (sulfide) groups is 1. The lowest BCUT2D eigenvalue weighted by atomic mass is 10.3. The first kappa shape index (κ1) is 21.4. The van der Waals surface area contributed by atoms with Gasteiger partial charge in [0, 0.05) is 6.20 Å². The van der Waals surface area contributed by atoms with E-state index in [0.29, 0.717) is 11.9 Å². The molecule has 0 saturated heterocycles. The van der Waals surface area contributed by atoms with E-state index >= 15 is 0 Å². The van der Waals surface area contributed by atoms with Crippen molar-refractivity contribution in [1.29, 1.82) is 0 Å². The van der Waals surface area contributed by atoms with Crippen LogP contribution >= 0.6 is 11.8 Å². The van der Waals surface area contributed by atoms with Crippen molar-refractivity contribution in [3.63, 3.8) is 0 Å². The van der Waals surface area contributed by atoms with Crippen molar-refractivity contribution in [1.82, 2.24) is 4.98 Å². The largest absolute Gasteiger partial charge is 0.509 e. The number of hydrogen-bond acceptors (Lipinski definition) is 7. The molecule has 10 heteroatoms. The van der Waals surface area contributed by atoms with Gasteiger partial charge in [0.05, 0.1) is 28.6 Å². The molecule has 0 radical (unpaired) electrons. The number of carbonyl (C=O) groups excluding carboxylic acids is 1. The van der Waals surface area contributed by atoms with E-state index in [1.807, 2.05) is 0 Å². The Hall–Kier alpha value is -2.88. The highest BCUT2D eigenvalue weighted by atomic mass is 32.2. The van der Waals surface area contributed by atoms with Crippen LogP contribution in [0.25, 0.3) is 0 Å². The molecule has 0 spiro atoms. The highest BCUT2D eigenvalue weighted by Gasteiger charge is 2.30. The van der Waals surface area contributed by atoms with Crippen molar-refractivity contribution in [3.8, 4) is 0 Å². The summed E-state index contributed by atoms with van der Waals surface area (Å²) in [4.78, 5) is 15.7. The number of ether oxygens (including phenoxy) is 1. The lowest BCUT2D eigenvalue weighted by molar-refractivity contribution is -0.139. The Morgan fingerprint density at radius 1 is 1.21 bits per heavy atom. The molecule has 0 atom stereocenters. The van der Waals surface area contributed by atoms with Gasteiger partial charge in [-0.15, -0.1) is 5.11 Å². The minimum atomic E-state index is -4.48. The molecule has 0 fully saturated rings. The van der Waals surface area contributed by atoms with E-state index in [0.717, 1.165) is 17.8 Å². The molecule has 0 bridgehead atoms. The summed E-state index contributed by atoms with van der Waals surface area (Å²) < 4.78 is 42.5. The van der Waals surface area contributed by atoms with Crippen LogP contribution in [0.3, 0.4) is 0 Å². The van der Waals surface area contributed by atoms with Gasteiger partial charge in [-0.2, -0.15) is 18.3 Å². The third-order valence-electron chi connectivity index (χ3n) is 3.18. The molecular weight excluding hydrogens is 395 g/mol. The van der Waals surface area contributed by atoms with Gasteiger partial charge in [0.15, 0.2) is 0 Å². The predicted molar refractivity (Wildman–Crippen MR) is 97.2 cm³/mol. The van der Waals surface area contributed by atoms with Crippen molar-refractivity contribution in [3.05, 3.63) is 65.7 Å². The number of nitrogens with zero attached hydrogens (tertiary/aromatic N) is 3. The van der Waals surface area contributed by atoms with Crippen molar-refractivity contribution < 1.29 is 27.8 Å². The minimum absolute atomic E-state index is 0.0735. The van der Waals surface area contributed by atoms with E-state index in [1.54, 1.807) is 37.3 Å². The van der Waals surface area contributed by atoms with Gasteiger partial charge in [-0.25, -0.2) is 9.78 Å². The van der Waals surface area contributed by atoms with Gasteiger partial charge in [-0.1, -0.05) is 30.0 Å². The average molecular weight is 411 g/mol. The fourth-order valence-corrected chi connectivity index (χ4v) is 2.58. The normalized spacial score (nSPS) is 12.7. The second-order valence-corrected chi connectivity index (χ2v) is 6.22. The maximum atomic E-state index is 12.6. The fourth-order valence-electron chi connectivity index (χ4n) is 1.86. The lowest BCUT2D eigenvalue weighted by Crippen LogP contribution is -2.09. The second kappa shape index (κ2) is 9.88. The monoisotopic (exact) mass is 411 g/mol. The summed E-state index contributed by atoms with van der Waals surface area (Å²) in [6.07, 6.45) is -3.78. The Balaban J connectivity index is 2.15. The zero-order chi connectivity index (χ0) is 20.6. The summed E-state index contributed by atoms with van der Waals surface area (Å²) in [5, 5.41) is 18.1. The van der Waals surface area contributed by atoms with E-state index < -0.39 is 23.5 Å². The van der Waals surface area contributed by atoms with Crippen LogP contribution in [0.15, 0.2) is 75.4 Å². The molecule has 1 aromatic carbocycles. The van der Waals surface area contributed by atoms with Crippen LogP contribution in [0.4, 0.5) is 18.9 Å². The molecule has 6 nitrogen and oxygen atoms in total. The maximum Gasteiger partial charge on any atom is 0.417 e. The van der Waals surface area contributed by atoms with Crippen molar-refractivity contribution >= 4 is 23.4 Å². The Morgan fingerprint density at radius 2 is 1.93 bits per heavy atom. The Kier molecular flexibility index (Phi) is 7.56. The Morgan fingerprint density at radius 3 is 2.50 bits per heavy atom. The number of azo groups is 1. The first-order valence-corrected chi connectivity index (χ1v) is 9.02. The van der Waals surface area contributed by atoms with Crippen molar-refractivity contribution in [2.45, 2.75) is 18.1 Å². The van der Waals surface area contributed by atoms with Crippen LogP contribution in [-0.4, -0.2) is 28.4 Å². The molecule has 148 valence electrons. The molecule has 1 aromatic heterocycles. The summed E-state index contributed by atoms with van der Waals surface area (Å²) in [5.74, 6) is -1.44. The van der Waals surface area contributed by atoms with Gasteiger partial charge in [-0.05, 0) is 31.2 Å². The van der Waals surface area contributed by atoms with Crippen molar-refractivity contribution in [2.24, 2.45) is 10.2 Å². The number of aromatic nitrogens is 1. The topological polar surface area (TPSA) is 84.1 Å². The highest BCUT2D eigenvalue weighted by molar-refractivity contribution is 7.99. The number of halogens is 3. The molecule has 0 aliphatic rings. The Bertz CT molecular complexity index is 854. The van der Waals surface area contributed by atoms with Crippen LogP contribution in [0.1, 0.15) is 12.5 Å². The molecule has 1 N–H and O–H groups in total. The average Bonchev–Trinajstić information content (AvgIpc) is 2.67. The lowest BCUT2D eigenvalue weighted by Gasteiger charge is -2.07. The quantitative estimate of drug-likeness (QED) is 0.219. The summed E-state index contributed by atoms with van der Waals surface area (Å²) >= 11 is 0.938. The molecule has 0 saturated carbocycles. The van der Waals surface area contributed by atoms with Crippen LogP contribution in [-0.2, 0) is 15.7 Å². The van der Waals surface area contributed by atoms with Gasteiger partial charge in [0.25, 0.3) is 0 Å². The molecule has 0 unspecified atom stereocenters. The first-order valence-electron chi connectivity index (χ1n) is 8.03. The number of carbonyl (C=O) groups is 1. The third-order valence-corrected chi connectivity index (χ3v) is 4.14. The van der Waals surface area contributed by atoms with Crippen LogP contribution in [0, 0.1) is 0 Å². The van der Waals surface area contributed by atoms with E-state index in [9.17, 15) is 23.1 Å². The molecule has 0 aliphatic heterocycles. The number of benzene rings is 1. The zero-order valence-electron chi connectivity index (χ0n) is 14.7. The van der Waals surface area contributed by atoms with Gasteiger partial charge in [0.2, 0.25) is 5.70 Å². The SMILES string of the molecule is CCOC(=O)/C(N=Nc1ccccc1)=C(\O)CSc1ccc(C(F)(F)F)cn1. The third kappa shape index (κ3) is 6.38. The fraction of sp³-hybridized carbons (Fsp3) is 0.222. The zero-order valence-corrected chi connectivity index (χ0v) is 15.5. The summed E-state index contributed by atoms with van der Waals surface area (Å²) in [7, 11) is 0. The number of hydrogen-bond donors (Lipinski definition) is 1. The van der Waals surface area contributed by atoms with Crippen LogP contribution in [0.5, 0.6) is 0 Å². The standard InChI is InChI=1S/C18H16F3N3O3S/c1-2-27-17(26)16(24-23-13-6-4-3-5-7-13)14(25)11-28-15-9-8-12(10-22-15)18(19,20)21/h3-10,25H,2,11H2,1H3/b16-14+,24-23?. The van der Waals surface area contributed by atoms with Crippen LogP contribution in [0.2, 0.25) is 0 Å². The molecule has 0 amide bonds. The summed E-state index contributed by atoms with van der Waals surface area (Å²) in [5.41, 5.74) is -0.792. The molecule has 1 heterocycles. The molecule has 0 aliphatic carbocycles. The van der Waals surface area contributed by atoms with E-state index in [4.69, 9.17) is 4.74 Å². The van der Waals surface area contributed by atoms with E-state index in [1.165, 1.54) is 6.07 Å². The van der Waals surface area contributed by atoms with E-state index in [-0.39, 0.29) is 23.1 Å². The molecule has 2 rings (SSSR count). The predicted octanol–water partition coefficient (Wildman–Crippen LogP) is 5.31. The number of aliphatic hydroxyl groups excluding tert-OH is 1. The smallest absolute Gasteiger partial charge is 0.417 e. The minimum Gasteiger partial charge on any atom is -0.509 e. The molecule has 2 aromatic rings. The van der Waals surface area contributed by atoms with Crippen LogP contribution < -0.4 is 0 Å². The number of esters is 1. The molecular formula is C18H16F3N3O3S. The number of alkyl halides is 3. The van der Waals surface area contributed by atoms with E-state index in [2.05, 4.69) is 15.2 Å². The summed E-state index contributed by atoms with van der Waals surface area (Å²) in [6.45, 7) is 1.67. The molecule has 28 heavy (non-hydrogen) atoms. The van der Waals surface area contributed by atoms with Gasteiger partial charge in [-0.3, -0.25) is 0 Å². The summed E-state index contributed by atoms with van der Waals surface area (Å²) in [6, 6.07) is 10.6. The Labute approximate surface area is 163 Å². The number of pyridine rings is 1. The first-order chi connectivity index (χ1) is 13.3.